The Morgan fingerprint density at radius 1 is 0.919 bits per heavy atom. The number of carbonyl (C=O) groups is 1. The van der Waals surface area contributed by atoms with Crippen molar-refractivity contribution in [1.29, 1.82) is 0 Å². The summed E-state index contributed by atoms with van der Waals surface area (Å²) in [7, 11) is 0. The Bertz CT molecular complexity index is 1370. The van der Waals surface area contributed by atoms with Gasteiger partial charge < -0.3 is 15.5 Å². The molecule has 7 nitrogen and oxygen atoms in total. The molecule has 1 aromatic heterocycles. The summed E-state index contributed by atoms with van der Waals surface area (Å²) in [4.78, 5) is 25.2. The zero-order chi connectivity index (χ0) is 25.6. The van der Waals surface area contributed by atoms with Crippen LogP contribution < -0.4 is 15.5 Å². The maximum absolute atomic E-state index is 11.3. The minimum Gasteiger partial charge on any atom is -0.369 e. The van der Waals surface area contributed by atoms with Gasteiger partial charge in [0.15, 0.2) is 0 Å². The van der Waals surface area contributed by atoms with Crippen LogP contribution in [0.3, 0.4) is 0 Å². The molecule has 0 bridgehead atoms. The van der Waals surface area contributed by atoms with Crippen molar-refractivity contribution in [1.82, 2.24) is 14.9 Å². The average molecular weight is 513 g/mol. The minimum atomic E-state index is -0.0945. The first-order valence-corrected chi connectivity index (χ1v) is 12.7. The molecule has 4 aromatic rings. The Balaban J connectivity index is 1.21. The molecule has 0 radical (unpaired) electrons. The zero-order valence-corrected chi connectivity index (χ0v) is 21.4. The smallest absolute Gasteiger partial charge is 0.227 e. The van der Waals surface area contributed by atoms with E-state index < -0.39 is 0 Å². The van der Waals surface area contributed by atoms with E-state index in [0.29, 0.717) is 5.95 Å². The number of hydrogen-bond acceptors (Lipinski definition) is 6. The second-order valence-electron chi connectivity index (χ2n) is 9.09. The first kappa shape index (κ1) is 24.7. The molecule has 2 N–H and O–H groups in total. The summed E-state index contributed by atoms with van der Waals surface area (Å²) in [5.74, 6) is 0.440. The number of aromatic nitrogens is 2. The number of nitrogens with zero attached hydrogens (tertiary/aromatic N) is 4. The standard InChI is InChI=1S/C29H29ClN6O/c1-21(37)32-25-10-8-23(9-11-25)28-12-13-31-29(34-28)33-26-6-3-7-27(19-26)36-16-14-35(15-17-36)20-22-4-2-5-24(30)18-22/h2-13,18-19H,14-17,20H2,1H3,(H,32,37)(H,31,33,34). The Kier molecular flexibility index (Phi) is 7.63. The van der Waals surface area contributed by atoms with Gasteiger partial charge in [-0.25, -0.2) is 9.97 Å². The summed E-state index contributed by atoms with van der Waals surface area (Å²) in [6.45, 7) is 6.33. The van der Waals surface area contributed by atoms with Crippen LogP contribution in [0, 0.1) is 0 Å². The summed E-state index contributed by atoms with van der Waals surface area (Å²) in [6, 6.07) is 25.9. The van der Waals surface area contributed by atoms with Gasteiger partial charge in [0.05, 0.1) is 5.69 Å². The van der Waals surface area contributed by atoms with Gasteiger partial charge in [0.2, 0.25) is 11.9 Å². The van der Waals surface area contributed by atoms with Crippen LogP contribution in [-0.4, -0.2) is 47.0 Å². The van der Waals surface area contributed by atoms with Crippen LogP contribution in [-0.2, 0) is 11.3 Å². The molecular formula is C29H29ClN6O. The number of carbonyl (C=O) groups excluding carboxylic acids is 1. The number of hydrogen-bond donors (Lipinski definition) is 2. The Morgan fingerprint density at radius 3 is 2.46 bits per heavy atom. The van der Waals surface area contributed by atoms with E-state index >= 15 is 0 Å². The first-order chi connectivity index (χ1) is 18.0. The van der Waals surface area contributed by atoms with E-state index in [-0.39, 0.29) is 5.91 Å². The van der Waals surface area contributed by atoms with Gasteiger partial charge in [-0.3, -0.25) is 9.69 Å². The molecule has 5 rings (SSSR count). The van der Waals surface area contributed by atoms with Crippen molar-refractivity contribution in [3.8, 4) is 11.3 Å². The molecule has 3 aromatic carbocycles. The third kappa shape index (κ3) is 6.64. The molecule has 8 heteroatoms. The lowest BCUT2D eigenvalue weighted by Gasteiger charge is -2.36. The molecule has 0 aliphatic carbocycles. The van der Waals surface area contributed by atoms with Gasteiger partial charge >= 0.3 is 0 Å². The van der Waals surface area contributed by atoms with Gasteiger partial charge in [-0.05, 0) is 54.1 Å². The Labute approximate surface area is 222 Å². The second-order valence-corrected chi connectivity index (χ2v) is 9.53. The maximum Gasteiger partial charge on any atom is 0.227 e. The minimum absolute atomic E-state index is 0.0945. The van der Waals surface area contributed by atoms with Crippen molar-refractivity contribution >= 4 is 40.5 Å². The number of nitrogens with one attached hydrogen (secondary N) is 2. The van der Waals surface area contributed by atoms with E-state index in [4.69, 9.17) is 11.6 Å². The van der Waals surface area contributed by atoms with Gasteiger partial charge in [0, 0.05) is 73.5 Å². The van der Waals surface area contributed by atoms with Gasteiger partial charge in [0.25, 0.3) is 0 Å². The number of amides is 1. The molecule has 1 aliphatic rings. The lowest BCUT2D eigenvalue weighted by atomic mass is 10.1. The van der Waals surface area contributed by atoms with Crippen LogP contribution in [0.25, 0.3) is 11.3 Å². The molecule has 0 spiro atoms. The van der Waals surface area contributed by atoms with E-state index in [0.717, 1.165) is 60.4 Å². The zero-order valence-electron chi connectivity index (χ0n) is 20.7. The average Bonchev–Trinajstić information content (AvgIpc) is 2.90. The highest BCUT2D eigenvalue weighted by molar-refractivity contribution is 6.30. The molecule has 2 heterocycles. The number of benzene rings is 3. The SMILES string of the molecule is CC(=O)Nc1ccc(-c2ccnc(Nc3cccc(N4CCN(Cc5cccc(Cl)c5)CC4)c3)n2)cc1. The highest BCUT2D eigenvalue weighted by atomic mass is 35.5. The van der Waals surface area contributed by atoms with Crippen molar-refractivity contribution in [3.63, 3.8) is 0 Å². The quantitative estimate of drug-likeness (QED) is 0.325. The van der Waals surface area contributed by atoms with Crippen molar-refractivity contribution in [3.05, 3.63) is 95.6 Å². The fourth-order valence-electron chi connectivity index (χ4n) is 4.47. The third-order valence-electron chi connectivity index (χ3n) is 6.29. The van der Waals surface area contributed by atoms with Crippen molar-refractivity contribution in [2.24, 2.45) is 0 Å². The molecule has 0 unspecified atom stereocenters. The molecular weight excluding hydrogens is 484 g/mol. The lowest BCUT2D eigenvalue weighted by Crippen LogP contribution is -2.45. The normalized spacial score (nSPS) is 13.8. The van der Waals surface area contributed by atoms with Crippen LogP contribution in [0.4, 0.5) is 23.0 Å². The predicted octanol–water partition coefficient (Wildman–Crippen LogP) is 5.82. The monoisotopic (exact) mass is 512 g/mol. The lowest BCUT2D eigenvalue weighted by molar-refractivity contribution is -0.114. The third-order valence-corrected chi connectivity index (χ3v) is 6.53. The molecule has 0 atom stereocenters. The van der Waals surface area contributed by atoms with Crippen LogP contribution in [0.2, 0.25) is 5.02 Å². The molecule has 1 fully saturated rings. The van der Waals surface area contributed by atoms with Gasteiger partial charge in [0.1, 0.15) is 0 Å². The number of anilines is 4. The molecule has 188 valence electrons. The summed E-state index contributed by atoms with van der Waals surface area (Å²) < 4.78 is 0. The summed E-state index contributed by atoms with van der Waals surface area (Å²) >= 11 is 6.14. The van der Waals surface area contributed by atoms with Gasteiger partial charge in [-0.2, -0.15) is 0 Å². The Hall–Kier alpha value is -3.94. The molecule has 1 amide bonds. The second kappa shape index (κ2) is 11.4. The van der Waals surface area contributed by atoms with Crippen LogP contribution in [0.1, 0.15) is 12.5 Å². The summed E-state index contributed by atoms with van der Waals surface area (Å²) in [5, 5.41) is 6.92. The maximum atomic E-state index is 11.3. The highest BCUT2D eigenvalue weighted by Gasteiger charge is 2.18. The van der Waals surface area contributed by atoms with Crippen molar-refractivity contribution in [2.75, 3.05) is 41.7 Å². The van der Waals surface area contributed by atoms with E-state index in [2.05, 4.69) is 54.7 Å². The first-order valence-electron chi connectivity index (χ1n) is 12.3. The van der Waals surface area contributed by atoms with E-state index in [1.165, 1.54) is 18.2 Å². The van der Waals surface area contributed by atoms with E-state index in [1.807, 2.05) is 54.6 Å². The van der Waals surface area contributed by atoms with Gasteiger partial charge in [-0.15, -0.1) is 0 Å². The number of piperazine rings is 1. The predicted molar refractivity (Wildman–Crippen MR) is 150 cm³/mol. The number of halogens is 1. The summed E-state index contributed by atoms with van der Waals surface area (Å²) in [5.41, 5.74) is 5.88. The largest absolute Gasteiger partial charge is 0.369 e. The van der Waals surface area contributed by atoms with Crippen LogP contribution in [0.15, 0.2) is 85.1 Å². The van der Waals surface area contributed by atoms with Crippen molar-refractivity contribution < 1.29 is 4.79 Å². The topological polar surface area (TPSA) is 73.4 Å². The van der Waals surface area contributed by atoms with E-state index in [1.54, 1.807) is 6.20 Å². The fourth-order valence-corrected chi connectivity index (χ4v) is 4.69. The highest BCUT2D eigenvalue weighted by Crippen LogP contribution is 2.25. The van der Waals surface area contributed by atoms with Crippen LogP contribution >= 0.6 is 11.6 Å². The van der Waals surface area contributed by atoms with Crippen molar-refractivity contribution in [2.45, 2.75) is 13.5 Å². The van der Waals surface area contributed by atoms with Crippen LogP contribution in [0.5, 0.6) is 0 Å². The fraction of sp³-hybridized carbons (Fsp3) is 0.207. The van der Waals surface area contributed by atoms with E-state index in [9.17, 15) is 4.79 Å². The summed E-state index contributed by atoms with van der Waals surface area (Å²) in [6.07, 6.45) is 1.75. The molecule has 37 heavy (non-hydrogen) atoms. The van der Waals surface area contributed by atoms with Gasteiger partial charge in [-0.1, -0.05) is 41.9 Å². The molecule has 1 saturated heterocycles. The molecule has 1 aliphatic heterocycles. The Morgan fingerprint density at radius 2 is 1.70 bits per heavy atom. The number of rotatable bonds is 7. The molecule has 0 saturated carbocycles.